The molecule has 10 heteroatoms. The lowest BCUT2D eigenvalue weighted by Crippen LogP contribution is -2.44. The number of hydrogen-bond donors (Lipinski definition) is 2. The third kappa shape index (κ3) is 8.23. The van der Waals surface area contributed by atoms with Crippen molar-refractivity contribution in [2.45, 2.75) is 37.9 Å². The van der Waals surface area contributed by atoms with Crippen LogP contribution in [0.1, 0.15) is 37.2 Å². The van der Waals surface area contributed by atoms with Gasteiger partial charge < -0.3 is 15.4 Å². The number of aromatic nitrogens is 2. The number of halogens is 1. The summed E-state index contributed by atoms with van der Waals surface area (Å²) in [7, 11) is 0. The topological polar surface area (TPSA) is 93.2 Å². The van der Waals surface area contributed by atoms with Gasteiger partial charge in [-0.15, -0.1) is 0 Å². The van der Waals surface area contributed by atoms with Crippen LogP contribution in [0.4, 0.5) is 5.69 Å². The van der Waals surface area contributed by atoms with Crippen molar-refractivity contribution in [3.8, 4) is 5.75 Å². The molecule has 7 nitrogen and oxygen atoms in total. The molecule has 1 unspecified atom stereocenters. The van der Waals surface area contributed by atoms with Crippen molar-refractivity contribution >= 4 is 52.6 Å². The number of amides is 2. The van der Waals surface area contributed by atoms with Gasteiger partial charge in [0.15, 0.2) is 10.9 Å². The van der Waals surface area contributed by atoms with E-state index in [4.69, 9.17) is 16.3 Å². The Labute approximate surface area is 196 Å². The second-order valence-electron chi connectivity index (χ2n) is 6.45. The van der Waals surface area contributed by atoms with Crippen molar-refractivity contribution in [2.24, 2.45) is 0 Å². The summed E-state index contributed by atoms with van der Waals surface area (Å²) in [5.41, 5.74) is 0.688. The zero-order chi connectivity index (χ0) is 22.6. The first-order valence-corrected chi connectivity index (χ1v) is 12.7. The molecule has 1 atom stereocenters. The van der Waals surface area contributed by atoms with Crippen LogP contribution in [-0.2, 0) is 4.79 Å². The van der Waals surface area contributed by atoms with Crippen LogP contribution in [0.5, 0.6) is 5.75 Å². The van der Waals surface area contributed by atoms with Gasteiger partial charge in [0.05, 0.1) is 17.8 Å². The van der Waals surface area contributed by atoms with Gasteiger partial charge in [-0.05, 0) is 56.0 Å². The maximum Gasteiger partial charge on any atom is 0.272 e. The maximum atomic E-state index is 12.9. The van der Waals surface area contributed by atoms with Crippen molar-refractivity contribution in [1.82, 2.24) is 15.3 Å². The first-order chi connectivity index (χ1) is 15.0. The molecule has 2 rings (SSSR count). The van der Waals surface area contributed by atoms with Crippen LogP contribution < -0.4 is 15.4 Å². The molecule has 0 aliphatic heterocycles. The van der Waals surface area contributed by atoms with Crippen LogP contribution in [0.3, 0.4) is 0 Å². The van der Waals surface area contributed by atoms with Crippen LogP contribution in [-0.4, -0.2) is 52.2 Å². The predicted octanol–water partition coefficient (Wildman–Crippen LogP) is 4.52. The molecule has 0 spiro atoms. The fraction of sp³-hybridized carbons (Fsp3) is 0.429. The Morgan fingerprint density at radius 1 is 1.19 bits per heavy atom. The third-order valence-corrected chi connectivity index (χ3v) is 6.03. The van der Waals surface area contributed by atoms with Crippen molar-refractivity contribution in [2.75, 3.05) is 29.7 Å². The number of nitrogens with one attached hydrogen (secondary N) is 2. The van der Waals surface area contributed by atoms with Crippen molar-refractivity contribution in [1.29, 1.82) is 0 Å². The normalized spacial score (nSPS) is 11.6. The molecule has 1 aromatic heterocycles. The number of nitrogens with zero attached hydrogens (tertiary/aromatic N) is 2. The molecule has 31 heavy (non-hydrogen) atoms. The second-order valence-corrected chi connectivity index (χ2v) is 8.91. The smallest absolute Gasteiger partial charge is 0.272 e. The van der Waals surface area contributed by atoms with E-state index < -0.39 is 11.9 Å². The first kappa shape index (κ1) is 25.3. The highest BCUT2D eigenvalue weighted by molar-refractivity contribution is 7.99. The maximum absolute atomic E-state index is 12.9. The van der Waals surface area contributed by atoms with E-state index in [1.807, 2.05) is 13.2 Å². The van der Waals surface area contributed by atoms with Gasteiger partial charge in [0.1, 0.15) is 11.8 Å². The van der Waals surface area contributed by atoms with Crippen LogP contribution in [0.2, 0.25) is 5.02 Å². The number of anilines is 1. The van der Waals surface area contributed by atoms with E-state index in [2.05, 4.69) is 27.5 Å². The SMILES string of the molecule is CCCSc1ncc(Cl)c(C(=O)NC(CCSC)C(=O)Nc2ccc(OCC)cc2)n1. The number of ether oxygens (including phenoxy) is 1. The molecule has 1 aromatic carbocycles. The number of rotatable bonds is 12. The predicted molar refractivity (Wildman–Crippen MR) is 129 cm³/mol. The Morgan fingerprint density at radius 2 is 1.94 bits per heavy atom. The lowest BCUT2D eigenvalue weighted by atomic mass is 10.2. The largest absolute Gasteiger partial charge is 0.494 e. The molecular weight excluding hydrogens is 456 g/mol. The standard InChI is InChI=1S/C21H27ClN4O3S2/c1-4-11-31-21-23-13-16(22)18(26-21)20(28)25-17(10-12-30-3)19(27)24-14-6-8-15(9-7-14)29-5-2/h6-9,13,17H,4-5,10-12H2,1-3H3,(H,24,27)(H,25,28). The Morgan fingerprint density at radius 3 is 2.58 bits per heavy atom. The Bertz CT molecular complexity index is 868. The summed E-state index contributed by atoms with van der Waals surface area (Å²) in [5, 5.41) is 6.24. The minimum atomic E-state index is -0.732. The highest BCUT2D eigenvalue weighted by atomic mass is 35.5. The molecule has 0 aliphatic rings. The number of hydrogen-bond acceptors (Lipinski definition) is 7. The molecule has 0 fully saturated rings. The van der Waals surface area contributed by atoms with Gasteiger partial charge in [-0.25, -0.2) is 9.97 Å². The number of carbonyl (C=O) groups is 2. The van der Waals surface area contributed by atoms with Crippen molar-refractivity contribution in [3.05, 3.63) is 41.2 Å². The zero-order valence-electron chi connectivity index (χ0n) is 17.8. The van der Waals surface area contributed by atoms with E-state index >= 15 is 0 Å². The monoisotopic (exact) mass is 482 g/mol. The quantitative estimate of drug-likeness (QED) is 0.339. The fourth-order valence-corrected chi connectivity index (χ4v) is 3.85. The van der Waals surface area contributed by atoms with Gasteiger partial charge in [0, 0.05) is 11.4 Å². The summed E-state index contributed by atoms with van der Waals surface area (Å²) >= 11 is 9.20. The van der Waals surface area contributed by atoms with Gasteiger partial charge in [-0.3, -0.25) is 9.59 Å². The van der Waals surface area contributed by atoms with Crippen LogP contribution in [0, 0.1) is 0 Å². The van der Waals surface area contributed by atoms with E-state index in [9.17, 15) is 9.59 Å². The highest BCUT2D eigenvalue weighted by Gasteiger charge is 2.24. The number of carbonyl (C=O) groups excluding carboxylic acids is 2. The van der Waals surface area contributed by atoms with E-state index in [0.717, 1.165) is 17.9 Å². The molecule has 1 heterocycles. The first-order valence-electron chi connectivity index (χ1n) is 9.97. The molecule has 2 N–H and O–H groups in total. The summed E-state index contributed by atoms with van der Waals surface area (Å²) in [5.74, 6) is 1.46. The average molecular weight is 483 g/mol. The van der Waals surface area contributed by atoms with Gasteiger partial charge in [0.2, 0.25) is 5.91 Å². The van der Waals surface area contributed by atoms with E-state index in [1.54, 1.807) is 36.0 Å². The molecule has 2 amide bonds. The van der Waals surface area contributed by atoms with E-state index in [1.165, 1.54) is 18.0 Å². The van der Waals surface area contributed by atoms with Crippen molar-refractivity contribution in [3.63, 3.8) is 0 Å². The lowest BCUT2D eigenvalue weighted by molar-refractivity contribution is -0.118. The van der Waals surface area contributed by atoms with Gasteiger partial charge in [0.25, 0.3) is 5.91 Å². The van der Waals surface area contributed by atoms with Crippen LogP contribution >= 0.6 is 35.1 Å². The summed E-state index contributed by atoms with van der Waals surface area (Å²) in [6.45, 7) is 4.53. The van der Waals surface area contributed by atoms with Gasteiger partial charge >= 0.3 is 0 Å². The fourth-order valence-electron chi connectivity index (χ4n) is 2.53. The van der Waals surface area contributed by atoms with Crippen LogP contribution in [0.15, 0.2) is 35.6 Å². The van der Waals surface area contributed by atoms with Crippen LogP contribution in [0.25, 0.3) is 0 Å². The zero-order valence-corrected chi connectivity index (χ0v) is 20.2. The van der Waals surface area contributed by atoms with Crippen molar-refractivity contribution < 1.29 is 14.3 Å². The molecule has 0 saturated heterocycles. The summed E-state index contributed by atoms with van der Waals surface area (Å²) < 4.78 is 5.41. The molecule has 0 bridgehead atoms. The molecule has 168 valence electrons. The van der Waals surface area contributed by atoms with Gasteiger partial charge in [-0.2, -0.15) is 11.8 Å². The molecule has 2 aromatic rings. The van der Waals surface area contributed by atoms with Gasteiger partial charge in [-0.1, -0.05) is 30.3 Å². The summed E-state index contributed by atoms with van der Waals surface area (Å²) in [6.07, 6.45) is 4.79. The molecular formula is C21H27ClN4O3S2. The molecule has 0 aliphatic carbocycles. The van der Waals surface area contributed by atoms with E-state index in [-0.39, 0.29) is 16.6 Å². The Hall–Kier alpha value is -1.97. The number of benzene rings is 1. The summed E-state index contributed by atoms with van der Waals surface area (Å²) in [6, 6.07) is 6.35. The average Bonchev–Trinajstić information content (AvgIpc) is 2.77. The summed E-state index contributed by atoms with van der Waals surface area (Å²) in [4.78, 5) is 34.1. The molecule has 0 saturated carbocycles. The minimum Gasteiger partial charge on any atom is -0.494 e. The molecule has 0 radical (unpaired) electrons. The lowest BCUT2D eigenvalue weighted by Gasteiger charge is -2.18. The Balaban J connectivity index is 2.10. The second kappa shape index (κ2) is 13.4. The minimum absolute atomic E-state index is 0.0679. The highest BCUT2D eigenvalue weighted by Crippen LogP contribution is 2.20. The van der Waals surface area contributed by atoms with E-state index in [0.29, 0.717) is 29.6 Å². The number of thioether (sulfide) groups is 2. The Kier molecular flexibility index (Phi) is 11.0. The third-order valence-electron chi connectivity index (χ3n) is 4.04.